The minimum atomic E-state index is -0.259. The topological polar surface area (TPSA) is 88.1 Å². The van der Waals surface area contributed by atoms with Crippen LogP contribution in [0.1, 0.15) is 22.5 Å². The molecule has 0 aliphatic rings. The van der Waals surface area contributed by atoms with Gasteiger partial charge in [-0.15, -0.1) is 0 Å². The Kier molecular flexibility index (Phi) is 5.38. The molecule has 138 valence electrons. The van der Waals surface area contributed by atoms with Crippen molar-refractivity contribution < 1.29 is 13.9 Å². The van der Waals surface area contributed by atoms with Crippen LogP contribution in [-0.4, -0.2) is 23.8 Å². The number of rotatable bonds is 5. The Balaban J connectivity index is 1.76. The zero-order valence-electron chi connectivity index (χ0n) is 15.5. The number of nitrogens with one attached hydrogen (secondary N) is 1. The van der Waals surface area contributed by atoms with Crippen molar-refractivity contribution in [3.8, 4) is 11.8 Å². The van der Waals surface area contributed by atoms with E-state index in [0.717, 1.165) is 27.1 Å². The molecule has 0 saturated heterocycles. The van der Waals surface area contributed by atoms with Gasteiger partial charge in [-0.3, -0.25) is 10.1 Å². The Labute approximate surface area is 161 Å². The van der Waals surface area contributed by atoms with Gasteiger partial charge in [0.2, 0.25) is 11.8 Å². The number of thioether (sulfide) groups is 1. The number of pyridine rings is 1. The number of aromatic nitrogens is 1. The number of ether oxygens (including phenoxy) is 1. The zero-order chi connectivity index (χ0) is 19.6. The Morgan fingerprint density at radius 3 is 2.85 bits per heavy atom. The van der Waals surface area contributed by atoms with E-state index in [4.69, 9.17) is 9.15 Å². The highest BCUT2D eigenvalue weighted by atomic mass is 32.2. The van der Waals surface area contributed by atoms with Crippen LogP contribution in [0.3, 0.4) is 0 Å². The number of benzene rings is 1. The lowest BCUT2D eigenvalue weighted by molar-refractivity contribution is -0.113. The minimum Gasteiger partial charge on any atom is -0.494 e. The fraction of sp³-hybridized carbons (Fsp3) is 0.250. The predicted octanol–water partition coefficient (Wildman–Crippen LogP) is 4.36. The Morgan fingerprint density at radius 1 is 1.37 bits per heavy atom. The lowest BCUT2D eigenvalue weighted by atomic mass is 10.1. The molecule has 0 atom stereocenters. The number of hydrogen-bond acceptors (Lipinski definition) is 6. The number of carbonyl (C=O) groups excluding carboxylic acids is 1. The van der Waals surface area contributed by atoms with E-state index in [1.54, 1.807) is 21.0 Å². The van der Waals surface area contributed by atoms with Gasteiger partial charge in [0.05, 0.1) is 17.9 Å². The second-order valence-corrected chi connectivity index (χ2v) is 7.07. The largest absolute Gasteiger partial charge is 0.494 e. The number of hydrogen-bond donors (Lipinski definition) is 1. The van der Waals surface area contributed by atoms with Crippen LogP contribution in [0.15, 0.2) is 33.7 Å². The van der Waals surface area contributed by atoms with Crippen LogP contribution in [0.5, 0.6) is 5.75 Å². The molecule has 27 heavy (non-hydrogen) atoms. The van der Waals surface area contributed by atoms with E-state index in [2.05, 4.69) is 16.4 Å². The Bertz CT molecular complexity index is 1070. The maximum Gasteiger partial charge on any atom is 0.237 e. The summed E-state index contributed by atoms with van der Waals surface area (Å²) in [6, 6.07) is 9.79. The molecular weight excluding hydrogens is 362 g/mol. The van der Waals surface area contributed by atoms with Crippen LogP contribution in [0, 0.1) is 32.1 Å². The molecule has 0 saturated carbocycles. The van der Waals surface area contributed by atoms with Gasteiger partial charge >= 0.3 is 0 Å². The molecule has 2 aromatic heterocycles. The summed E-state index contributed by atoms with van der Waals surface area (Å²) < 4.78 is 10.9. The quantitative estimate of drug-likeness (QED) is 0.661. The maximum absolute atomic E-state index is 12.3. The van der Waals surface area contributed by atoms with Crippen LogP contribution in [-0.2, 0) is 4.79 Å². The summed E-state index contributed by atoms with van der Waals surface area (Å²) in [6.45, 7) is 5.55. The normalized spacial score (nSPS) is 10.6. The Morgan fingerprint density at radius 2 is 2.15 bits per heavy atom. The number of carbonyl (C=O) groups is 1. The van der Waals surface area contributed by atoms with Gasteiger partial charge in [-0.2, -0.15) is 5.26 Å². The summed E-state index contributed by atoms with van der Waals surface area (Å²) in [4.78, 5) is 16.9. The summed E-state index contributed by atoms with van der Waals surface area (Å²) in [5.41, 5.74) is 2.92. The highest BCUT2D eigenvalue weighted by Gasteiger charge is 2.17. The number of amides is 1. The molecule has 1 aromatic carbocycles. The molecule has 0 spiro atoms. The SMILES string of the molecule is COc1cccc2c(C)cc(SCC(=O)Nc3oc(C)c(C)c3C#N)nc12. The molecule has 6 nitrogen and oxygen atoms in total. The molecule has 1 N–H and O–H groups in total. The van der Waals surface area contributed by atoms with Crippen molar-refractivity contribution in [1.29, 1.82) is 5.26 Å². The van der Waals surface area contributed by atoms with Crippen LogP contribution >= 0.6 is 11.8 Å². The van der Waals surface area contributed by atoms with E-state index < -0.39 is 0 Å². The third-order valence-electron chi connectivity index (χ3n) is 4.31. The smallest absolute Gasteiger partial charge is 0.237 e. The van der Waals surface area contributed by atoms with Gasteiger partial charge in [0.15, 0.2) is 0 Å². The van der Waals surface area contributed by atoms with Crippen molar-refractivity contribution in [3.63, 3.8) is 0 Å². The number of furan rings is 1. The summed E-state index contributed by atoms with van der Waals surface area (Å²) in [5, 5.41) is 13.6. The summed E-state index contributed by atoms with van der Waals surface area (Å²) in [6.07, 6.45) is 0. The van der Waals surface area contributed by atoms with Crippen molar-refractivity contribution in [2.75, 3.05) is 18.2 Å². The lowest BCUT2D eigenvalue weighted by Gasteiger charge is -2.09. The van der Waals surface area contributed by atoms with Gasteiger partial charge in [0.1, 0.15) is 28.7 Å². The second-order valence-electron chi connectivity index (χ2n) is 6.07. The lowest BCUT2D eigenvalue weighted by Crippen LogP contribution is -2.14. The molecule has 0 aliphatic heterocycles. The average molecular weight is 381 g/mol. The van der Waals surface area contributed by atoms with E-state index in [-0.39, 0.29) is 17.5 Å². The first-order chi connectivity index (χ1) is 12.9. The van der Waals surface area contributed by atoms with Crippen LogP contribution in [0.25, 0.3) is 10.9 Å². The average Bonchev–Trinajstić information content (AvgIpc) is 2.92. The standard InChI is InChI=1S/C20H19N3O3S/c1-11-8-18(23-19-14(11)6-5-7-16(19)25-4)27-10-17(24)22-20-15(9-21)12(2)13(3)26-20/h5-8H,10H2,1-4H3,(H,22,24). The zero-order valence-corrected chi connectivity index (χ0v) is 16.4. The van der Waals surface area contributed by atoms with Crippen molar-refractivity contribution in [2.45, 2.75) is 25.8 Å². The molecule has 0 aliphatic carbocycles. The van der Waals surface area contributed by atoms with Gasteiger partial charge < -0.3 is 9.15 Å². The van der Waals surface area contributed by atoms with Crippen molar-refractivity contribution in [2.24, 2.45) is 0 Å². The highest BCUT2D eigenvalue weighted by Crippen LogP contribution is 2.30. The fourth-order valence-corrected chi connectivity index (χ4v) is 3.52. The minimum absolute atomic E-state index is 0.150. The van der Waals surface area contributed by atoms with Crippen LogP contribution in [0.2, 0.25) is 0 Å². The fourth-order valence-electron chi connectivity index (χ4n) is 2.75. The molecular formula is C20H19N3O3S. The second kappa shape index (κ2) is 7.72. The van der Waals surface area contributed by atoms with Gasteiger partial charge in [-0.1, -0.05) is 23.9 Å². The third-order valence-corrected chi connectivity index (χ3v) is 5.22. The first-order valence-corrected chi connectivity index (χ1v) is 9.30. The number of nitrogens with zero attached hydrogens (tertiary/aromatic N) is 2. The number of nitriles is 1. The van der Waals surface area contributed by atoms with E-state index in [1.165, 1.54) is 11.8 Å². The molecule has 7 heteroatoms. The van der Waals surface area contributed by atoms with Crippen molar-refractivity contribution in [1.82, 2.24) is 4.98 Å². The summed E-state index contributed by atoms with van der Waals surface area (Å²) >= 11 is 1.32. The summed E-state index contributed by atoms with van der Waals surface area (Å²) in [7, 11) is 1.61. The predicted molar refractivity (Wildman–Crippen MR) is 105 cm³/mol. The van der Waals surface area contributed by atoms with Gasteiger partial charge in [-0.25, -0.2) is 4.98 Å². The number of para-hydroxylation sites is 1. The molecule has 0 unspecified atom stereocenters. The van der Waals surface area contributed by atoms with E-state index >= 15 is 0 Å². The van der Waals surface area contributed by atoms with Crippen LogP contribution < -0.4 is 10.1 Å². The van der Waals surface area contributed by atoms with E-state index in [1.807, 2.05) is 31.2 Å². The number of fused-ring (bicyclic) bond motifs is 1. The third kappa shape index (κ3) is 3.76. The monoisotopic (exact) mass is 381 g/mol. The maximum atomic E-state index is 12.3. The van der Waals surface area contributed by atoms with Gasteiger partial charge in [0, 0.05) is 10.9 Å². The first-order valence-electron chi connectivity index (χ1n) is 8.31. The highest BCUT2D eigenvalue weighted by molar-refractivity contribution is 7.99. The molecule has 0 bridgehead atoms. The number of methoxy groups -OCH3 is 1. The first kappa shape index (κ1) is 18.8. The summed E-state index contributed by atoms with van der Waals surface area (Å²) in [5.74, 6) is 1.40. The molecule has 3 rings (SSSR count). The molecule has 0 radical (unpaired) electrons. The molecule has 2 heterocycles. The number of anilines is 1. The van der Waals surface area contributed by atoms with Gasteiger partial charge in [-0.05, 0) is 38.5 Å². The van der Waals surface area contributed by atoms with E-state index in [0.29, 0.717) is 17.1 Å². The van der Waals surface area contributed by atoms with Crippen molar-refractivity contribution in [3.05, 3.63) is 46.7 Å². The molecule has 0 fully saturated rings. The molecule has 1 amide bonds. The van der Waals surface area contributed by atoms with E-state index in [9.17, 15) is 10.1 Å². The Hall–Kier alpha value is -2.98. The van der Waals surface area contributed by atoms with Crippen LogP contribution in [0.4, 0.5) is 5.88 Å². The van der Waals surface area contributed by atoms with Gasteiger partial charge in [0.25, 0.3) is 0 Å². The van der Waals surface area contributed by atoms with Crippen molar-refractivity contribution >= 4 is 34.5 Å². The molecule has 3 aromatic rings. The number of aryl methyl sites for hydroxylation is 2.